The number of fused-ring (bicyclic) bond motifs is 2. The summed E-state index contributed by atoms with van der Waals surface area (Å²) in [6, 6.07) is 2.38. The van der Waals surface area contributed by atoms with E-state index in [1.807, 2.05) is 23.5 Å². The number of hydrogen-bond acceptors (Lipinski definition) is 16. The summed E-state index contributed by atoms with van der Waals surface area (Å²) in [6.45, 7) is 4.48. The van der Waals surface area contributed by atoms with Gasteiger partial charge in [-0.2, -0.15) is 23.5 Å². The lowest BCUT2D eigenvalue weighted by molar-refractivity contribution is -0.386. The van der Waals surface area contributed by atoms with Crippen LogP contribution in [0.1, 0.15) is 89.2 Å². The number of aliphatic carboxylic acids is 1. The van der Waals surface area contributed by atoms with Gasteiger partial charge in [0.25, 0.3) is 5.69 Å². The number of azide groups is 1. The van der Waals surface area contributed by atoms with Gasteiger partial charge < -0.3 is 81.8 Å². The average Bonchev–Trinajstić information content (AvgIpc) is 4.16. The lowest BCUT2D eigenvalue weighted by atomic mass is 10.0. The third-order valence-corrected chi connectivity index (χ3v) is 15.2. The number of carbonyl (C=O) groups is 6. The van der Waals surface area contributed by atoms with Gasteiger partial charge in [0.15, 0.2) is 11.5 Å². The zero-order valence-corrected chi connectivity index (χ0v) is 44.4. The summed E-state index contributed by atoms with van der Waals surface area (Å²) in [5, 5.41) is 51.7. The molecule has 4 aliphatic rings. The number of carboxylic acid groups (broad SMARTS) is 2. The van der Waals surface area contributed by atoms with Crippen LogP contribution in [-0.4, -0.2) is 182 Å². The molecule has 31 heteroatoms. The molecule has 7 atom stereocenters. The predicted molar refractivity (Wildman–Crippen MR) is 280 cm³/mol. The Bertz CT molecular complexity index is 2120. The second-order valence-electron chi connectivity index (χ2n) is 17.5. The molecule has 0 radical (unpaired) electrons. The maximum Gasteiger partial charge on any atom is 0.407 e. The van der Waals surface area contributed by atoms with Crippen molar-refractivity contribution in [2.45, 2.75) is 118 Å². The lowest BCUT2D eigenvalue weighted by Gasteiger charge is -2.27. The number of nitrogens with zero attached hydrogens (tertiary/aromatic N) is 8. The molecule has 29 nitrogen and oxygen atoms in total. The molecular weight excluding hydrogens is 1040 g/mol. The van der Waals surface area contributed by atoms with Crippen molar-refractivity contribution in [3.8, 4) is 11.5 Å². The summed E-state index contributed by atoms with van der Waals surface area (Å²) in [5.41, 5.74) is 21.7. The Morgan fingerprint density at radius 3 is 1.78 bits per heavy atom. The highest BCUT2D eigenvalue weighted by molar-refractivity contribution is 8.00. The van der Waals surface area contributed by atoms with Crippen LogP contribution in [0.2, 0.25) is 0 Å². The number of nitro benzene ring substituents is 1. The number of ether oxygens (including phenoxy) is 5. The second-order valence-corrected chi connectivity index (χ2v) is 20.0. The van der Waals surface area contributed by atoms with Crippen LogP contribution in [0.25, 0.3) is 26.4 Å². The second kappa shape index (κ2) is 36.6. The number of thioether (sulfide) groups is 2. The van der Waals surface area contributed by atoms with Gasteiger partial charge in [0.05, 0.1) is 100 Å². The van der Waals surface area contributed by atoms with Crippen LogP contribution < -0.4 is 41.4 Å². The molecule has 0 bridgehead atoms. The molecule has 0 aliphatic carbocycles. The standard InChI is InChI=1S/C35H55N9O12S.C10H16N2O3S.N3/c1-24(43(35(48)49)13-6-10-39-42-36)25-21-28(52-2)29(22-27(25)44(50)51)56-14-5-9-32(46)38-12-16-54-18-20-55-19-17-53-15-11-37-31(45)8-4-3-7-30-33-26(23-57-30)40-34(47)41-33;13-8(14)4-2-1-3-7-9-6(5-16-7)11-10(15)12-9;1-3-2/h21-22,24,26,30,33H,3-20,23H2,1-2H3,(H,37,45)(H,38,46)(H,48,49)(H2,40,41,47);6-7,9H,1-5H2,(H,13,14)(H2,11,12,15);/q;;-1/t24?,26-,30-,33-;6-,7-,9-;/m10./s1. The molecular formula is C45H71N14O15S2-. The van der Waals surface area contributed by atoms with Crippen molar-refractivity contribution in [1.82, 2.24) is 36.8 Å². The fraction of sp³-hybridized carbons (Fsp3) is 0.733. The molecule has 1 aromatic rings. The van der Waals surface area contributed by atoms with E-state index in [-0.39, 0.29) is 116 Å². The number of nitro groups is 1. The summed E-state index contributed by atoms with van der Waals surface area (Å²) >= 11 is 3.75. The number of methoxy groups -OCH3 is 1. The smallest absolute Gasteiger partial charge is 0.407 e. The van der Waals surface area contributed by atoms with Gasteiger partial charge >= 0.3 is 24.1 Å². The minimum absolute atomic E-state index is 0.00227. The molecule has 4 saturated heterocycles. The normalized spacial score (nSPS) is 19.9. The molecule has 4 fully saturated rings. The van der Waals surface area contributed by atoms with Crippen LogP contribution in [0.3, 0.4) is 0 Å². The Balaban J connectivity index is 0.000000666. The van der Waals surface area contributed by atoms with Crippen LogP contribution >= 0.6 is 23.5 Å². The molecule has 0 aromatic heterocycles. The summed E-state index contributed by atoms with van der Waals surface area (Å²) < 4.78 is 27.5. The van der Waals surface area contributed by atoms with Crippen LogP contribution in [0, 0.1) is 10.1 Å². The van der Waals surface area contributed by atoms with E-state index in [0.717, 1.165) is 54.9 Å². The lowest BCUT2D eigenvalue weighted by Crippen LogP contribution is -2.36. The summed E-state index contributed by atoms with van der Waals surface area (Å²) in [4.78, 5) is 85.6. The summed E-state index contributed by atoms with van der Waals surface area (Å²) in [7, 11) is 1.35. The quantitative estimate of drug-likeness (QED) is 0.00826. The number of unbranched alkanes of at least 4 members (excludes halogenated alkanes) is 2. The number of nitrogens with one attached hydrogen (secondary N) is 6. The first-order valence-corrected chi connectivity index (χ1v) is 27.1. The van der Waals surface area contributed by atoms with E-state index in [2.05, 4.69) is 41.9 Å². The monoisotopic (exact) mass is 1110 g/mol. The largest absolute Gasteiger partial charge is 0.493 e. The zero-order valence-electron chi connectivity index (χ0n) is 42.8. The van der Waals surface area contributed by atoms with E-state index < -0.39 is 23.0 Å². The molecule has 0 spiro atoms. The number of rotatable bonds is 35. The highest BCUT2D eigenvalue weighted by atomic mass is 32.2. The van der Waals surface area contributed by atoms with Crippen molar-refractivity contribution >= 4 is 65.2 Å². The Hall–Kier alpha value is -6.36. The Morgan fingerprint density at radius 1 is 0.776 bits per heavy atom. The molecule has 0 saturated carbocycles. The average molecular weight is 1110 g/mol. The minimum atomic E-state index is -1.29. The first-order valence-electron chi connectivity index (χ1n) is 25.0. The van der Waals surface area contributed by atoms with Gasteiger partial charge in [0.2, 0.25) is 11.8 Å². The van der Waals surface area contributed by atoms with E-state index in [0.29, 0.717) is 69.5 Å². The van der Waals surface area contributed by atoms with Crippen LogP contribution in [0.15, 0.2) is 17.2 Å². The van der Waals surface area contributed by atoms with Crippen LogP contribution in [0.5, 0.6) is 11.5 Å². The molecule has 8 N–H and O–H groups in total. The van der Waals surface area contributed by atoms with Gasteiger partial charge in [-0.15, -0.1) is 0 Å². The number of carbonyl (C=O) groups excluding carboxylic acids is 4. The van der Waals surface area contributed by atoms with Crippen LogP contribution in [0.4, 0.5) is 20.1 Å². The molecule has 5 rings (SSSR count). The zero-order chi connectivity index (χ0) is 55.7. The SMILES string of the molecule is COc1cc(C(C)N(CCCN=[N+]=[N-])C(=O)O)c([N+](=O)[O-])cc1OCCCC(=O)NCCOCCOCCOCCNC(=O)CCCC[C@H]1SC[C@H]2NC(=O)N[C@H]21.O=C(O)CCCC[C@@H]1SC[C@@H]2NC(=O)N[C@@H]21.[N-]=[N+]=[N-]. The first kappa shape index (κ1) is 63.9. The predicted octanol–water partition coefficient (Wildman–Crippen LogP) is 5.17. The topological polar surface area (TPSA) is 415 Å². The Morgan fingerprint density at radius 2 is 1.29 bits per heavy atom. The van der Waals surface area contributed by atoms with Crippen molar-refractivity contribution in [3.63, 3.8) is 0 Å². The summed E-state index contributed by atoms with van der Waals surface area (Å²) in [5.74, 6) is 1.18. The number of hydrogen-bond donors (Lipinski definition) is 8. The highest BCUT2D eigenvalue weighted by Gasteiger charge is 2.43. The van der Waals surface area contributed by atoms with E-state index in [4.69, 9.17) is 45.4 Å². The molecule has 4 aliphatic heterocycles. The maximum absolute atomic E-state index is 12.2. The van der Waals surface area contributed by atoms with E-state index in [1.54, 1.807) is 0 Å². The van der Waals surface area contributed by atoms with E-state index >= 15 is 0 Å². The van der Waals surface area contributed by atoms with Crippen molar-refractivity contribution < 1.29 is 67.6 Å². The van der Waals surface area contributed by atoms with Crippen molar-refractivity contribution in [3.05, 3.63) is 54.2 Å². The molecule has 7 amide bonds. The van der Waals surface area contributed by atoms with Gasteiger partial charge in [-0.3, -0.25) is 29.4 Å². The van der Waals surface area contributed by atoms with Crippen molar-refractivity contribution in [2.24, 2.45) is 5.11 Å². The molecule has 1 aromatic carbocycles. The van der Waals surface area contributed by atoms with E-state index in [9.17, 15) is 44.0 Å². The van der Waals surface area contributed by atoms with Gasteiger partial charge in [0.1, 0.15) is 0 Å². The number of urea groups is 2. The fourth-order valence-corrected chi connectivity index (χ4v) is 11.6. The number of benzene rings is 1. The number of amides is 7. The highest BCUT2D eigenvalue weighted by Crippen LogP contribution is 2.40. The Labute approximate surface area is 448 Å². The third kappa shape index (κ3) is 23.7. The summed E-state index contributed by atoms with van der Waals surface area (Å²) in [6.07, 6.45) is 5.45. The third-order valence-electron chi connectivity index (χ3n) is 12.2. The van der Waals surface area contributed by atoms with Gasteiger partial charge in [-0.1, -0.05) is 18.0 Å². The molecule has 1 unspecified atom stereocenters. The van der Waals surface area contributed by atoms with Gasteiger partial charge in [0, 0.05) is 72.4 Å². The van der Waals surface area contributed by atoms with Crippen LogP contribution in [-0.2, 0) is 28.6 Å². The van der Waals surface area contributed by atoms with Crippen molar-refractivity contribution in [2.75, 3.05) is 91.0 Å². The van der Waals surface area contributed by atoms with Gasteiger partial charge in [-0.05, 0) is 57.0 Å². The van der Waals surface area contributed by atoms with Gasteiger partial charge in [-0.25, -0.2) is 14.4 Å². The minimum Gasteiger partial charge on any atom is -0.493 e. The number of carboxylic acids is 1. The molecule has 424 valence electrons. The Kier molecular flexibility index (Phi) is 30.8. The van der Waals surface area contributed by atoms with Crippen molar-refractivity contribution in [1.29, 1.82) is 0 Å². The first-order chi connectivity index (χ1) is 36.6. The fourth-order valence-electron chi connectivity index (χ4n) is 8.51. The van der Waals surface area contributed by atoms with E-state index in [1.165, 1.54) is 31.1 Å². The molecule has 76 heavy (non-hydrogen) atoms. The molecule has 4 heterocycles. The maximum atomic E-state index is 12.2.